The standard InChI is InChI=1S/C48H61N9O10S/c1-29-20-22-33(23-21-29)68(64,65)55-46(49)50-24-12-18-37(54-41(58)30(2)52-47(63)67-48(4,5)6)44(61)56-25-13-19-39(56)42(59)51-31(3)43(60)57-27-38-35(34-16-10-11-17-36(34)53-38)26-40(57)45(62)66-28-32-14-8-7-9-15-32/h7-11,14-17,20-23,30-31,37,39-40,53H,12-13,18-19,24-28H2,1-6H3,(H,51,59)(H,52,63)(H,54,58)(H3,49,50,55)/t30-,31-,37-,39?,40?/m0/s1. The van der Waals surface area contributed by atoms with Gasteiger partial charge < -0.3 is 45.9 Å². The number of esters is 1. The first-order chi connectivity index (χ1) is 32.2. The van der Waals surface area contributed by atoms with Crippen LogP contribution < -0.4 is 26.4 Å². The van der Waals surface area contributed by atoms with Crippen LogP contribution in [-0.4, -0.2) is 114 Å². The normalized spacial score (nSPS) is 17.6. The number of hydrogen-bond acceptors (Lipinski definition) is 11. The minimum Gasteiger partial charge on any atom is -0.459 e. The maximum Gasteiger partial charge on any atom is 0.408 e. The molecule has 1 aromatic heterocycles. The van der Waals surface area contributed by atoms with Crippen LogP contribution in [-0.2, 0) is 63.0 Å². The fourth-order valence-corrected chi connectivity index (χ4v) is 9.10. The molecule has 5 amide bonds. The number of sulfonamides is 1. The summed E-state index contributed by atoms with van der Waals surface area (Å²) in [6, 6.07) is 17.5. The van der Waals surface area contributed by atoms with Gasteiger partial charge in [0.15, 0.2) is 0 Å². The molecule has 0 bridgehead atoms. The van der Waals surface area contributed by atoms with Crippen molar-refractivity contribution in [3.8, 4) is 0 Å². The summed E-state index contributed by atoms with van der Waals surface area (Å²) in [5.74, 6) is -3.41. The Labute approximate surface area is 396 Å². The van der Waals surface area contributed by atoms with Gasteiger partial charge in [0.25, 0.3) is 10.0 Å². The minimum absolute atomic E-state index is 0.00866. The molecule has 0 spiro atoms. The molecular formula is C48H61N9O10S. The van der Waals surface area contributed by atoms with Crippen molar-refractivity contribution >= 4 is 62.6 Å². The molecule has 20 heteroatoms. The predicted molar refractivity (Wildman–Crippen MR) is 253 cm³/mol. The van der Waals surface area contributed by atoms with Crippen LogP contribution in [0.2, 0.25) is 0 Å². The summed E-state index contributed by atoms with van der Waals surface area (Å²) in [6.45, 7) is 9.94. The zero-order valence-electron chi connectivity index (χ0n) is 39.2. The number of aromatic amines is 1. The predicted octanol–water partition coefficient (Wildman–Crippen LogP) is 3.44. The lowest BCUT2D eigenvalue weighted by Gasteiger charge is -2.36. The molecule has 5 atom stereocenters. The number of nitrogens with two attached hydrogens (primary N) is 1. The molecule has 68 heavy (non-hydrogen) atoms. The molecular weight excluding hydrogens is 895 g/mol. The number of nitrogens with zero attached hydrogens (tertiary/aromatic N) is 3. The highest BCUT2D eigenvalue weighted by atomic mass is 32.2. The van der Waals surface area contributed by atoms with Crippen molar-refractivity contribution in [3.05, 3.63) is 101 Å². The van der Waals surface area contributed by atoms with Gasteiger partial charge in [-0.05, 0) is 96.6 Å². The maximum absolute atomic E-state index is 14.4. The molecule has 4 aromatic rings. The highest BCUT2D eigenvalue weighted by Crippen LogP contribution is 2.31. The van der Waals surface area contributed by atoms with E-state index in [1.807, 2.05) is 61.5 Å². The second kappa shape index (κ2) is 21.8. The van der Waals surface area contributed by atoms with E-state index in [4.69, 9.17) is 15.2 Å². The largest absolute Gasteiger partial charge is 0.459 e. The third-order valence-corrected chi connectivity index (χ3v) is 13.0. The summed E-state index contributed by atoms with van der Waals surface area (Å²) in [5, 5.41) is 8.88. The van der Waals surface area contributed by atoms with Crippen molar-refractivity contribution in [2.24, 2.45) is 10.7 Å². The number of fused-ring (bicyclic) bond motifs is 3. The van der Waals surface area contributed by atoms with E-state index in [-0.39, 0.29) is 62.8 Å². The summed E-state index contributed by atoms with van der Waals surface area (Å²) in [7, 11) is -4.02. The van der Waals surface area contributed by atoms with E-state index in [0.29, 0.717) is 6.42 Å². The molecule has 7 N–H and O–H groups in total. The van der Waals surface area contributed by atoms with Gasteiger partial charge in [-0.2, -0.15) is 0 Å². The van der Waals surface area contributed by atoms with Gasteiger partial charge in [-0.1, -0.05) is 66.2 Å². The number of nitrogens with one attached hydrogen (secondary N) is 5. The summed E-state index contributed by atoms with van der Waals surface area (Å²) in [6.07, 6.45) is 0.158. The molecule has 2 unspecified atom stereocenters. The smallest absolute Gasteiger partial charge is 0.408 e. The van der Waals surface area contributed by atoms with Crippen LogP contribution in [0.25, 0.3) is 10.9 Å². The third-order valence-electron chi connectivity index (χ3n) is 11.6. The van der Waals surface area contributed by atoms with Crippen LogP contribution in [0.3, 0.4) is 0 Å². The van der Waals surface area contributed by atoms with E-state index in [1.165, 1.54) is 35.8 Å². The Morgan fingerprint density at radius 1 is 0.868 bits per heavy atom. The molecule has 1 saturated heterocycles. The molecule has 3 heterocycles. The molecule has 364 valence electrons. The first-order valence-electron chi connectivity index (χ1n) is 22.6. The lowest BCUT2D eigenvalue weighted by atomic mass is 9.96. The number of rotatable bonds is 16. The number of hydrogen-bond donors (Lipinski definition) is 6. The van der Waals surface area contributed by atoms with Crippen LogP contribution in [0.1, 0.15) is 82.7 Å². The van der Waals surface area contributed by atoms with E-state index in [2.05, 4.69) is 30.6 Å². The first-order valence-corrected chi connectivity index (χ1v) is 24.1. The molecule has 0 aliphatic carbocycles. The second-order valence-electron chi connectivity index (χ2n) is 18.1. The maximum atomic E-state index is 14.4. The molecule has 2 aliphatic heterocycles. The fourth-order valence-electron chi connectivity index (χ4n) is 8.14. The zero-order chi connectivity index (χ0) is 49.3. The SMILES string of the molecule is Cc1ccc(S(=O)(=O)NC(N)=NCCC[C@H](NC(=O)[C@H](C)NC(=O)OC(C)(C)C)C(=O)N2CCCC2C(=O)N[C@@H](C)C(=O)N2Cc3[nH]c4ccccc4c3CC2C(=O)OCc2ccccc2)cc1. The topological polar surface area (TPSA) is 264 Å². The third kappa shape index (κ3) is 12.9. The van der Waals surface area contributed by atoms with Crippen molar-refractivity contribution in [1.82, 2.24) is 35.5 Å². The van der Waals surface area contributed by atoms with E-state index in [9.17, 15) is 37.2 Å². The second-order valence-corrected chi connectivity index (χ2v) is 19.8. The molecule has 1 fully saturated rings. The van der Waals surface area contributed by atoms with Gasteiger partial charge in [-0.15, -0.1) is 0 Å². The number of aryl methyl sites for hydroxylation is 1. The van der Waals surface area contributed by atoms with E-state index < -0.39 is 81.5 Å². The van der Waals surface area contributed by atoms with Gasteiger partial charge in [0, 0.05) is 36.1 Å². The molecule has 3 aromatic carbocycles. The van der Waals surface area contributed by atoms with Gasteiger partial charge in [0.05, 0.1) is 11.4 Å². The number of para-hydroxylation sites is 1. The quantitative estimate of drug-likeness (QED) is 0.0410. The summed E-state index contributed by atoms with van der Waals surface area (Å²) < 4.78 is 39.0. The van der Waals surface area contributed by atoms with Gasteiger partial charge >= 0.3 is 12.1 Å². The number of carbonyl (C=O) groups excluding carboxylic acids is 6. The number of alkyl carbamates (subject to hydrolysis) is 1. The fraction of sp³-hybridized carbons (Fsp3) is 0.438. The molecule has 2 aliphatic rings. The lowest BCUT2D eigenvalue weighted by molar-refractivity contribution is -0.158. The van der Waals surface area contributed by atoms with E-state index >= 15 is 0 Å². The van der Waals surface area contributed by atoms with Crippen LogP contribution in [0, 0.1) is 6.92 Å². The molecule has 6 rings (SSSR count). The minimum atomic E-state index is -4.02. The Balaban J connectivity index is 1.14. The zero-order valence-corrected chi connectivity index (χ0v) is 40.0. The van der Waals surface area contributed by atoms with Crippen LogP contribution in [0.4, 0.5) is 4.79 Å². The first kappa shape index (κ1) is 50.5. The lowest BCUT2D eigenvalue weighted by Crippen LogP contribution is -2.59. The van der Waals surface area contributed by atoms with Gasteiger partial charge in [-0.25, -0.2) is 22.7 Å². The van der Waals surface area contributed by atoms with Crippen molar-refractivity contribution < 1.29 is 46.7 Å². The summed E-state index contributed by atoms with van der Waals surface area (Å²) in [4.78, 5) is 92.9. The average molecular weight is 956 g/mol. The Hall–Kier alpha value is -6.96. The Morgan fingerprint density at radius 3 is 2.26 bits per heavy atom. The highest BCUT2D eigenvalue weighted by Gasteiger charge is 2.42. The summed E-state index contributed by atoms with van der Waals surface area (Å²) >= 11 is 0. The monoisotopic (exact) mass is 955 g/mol. The number of guanidine groups is 1. The van der Waals surface area contributed by atoms with Gasteiger partial charge in [0.2, 0.25) is 29.6 Å². The van der Waals surface area contributed by atoms with Crippen molar-refractivity contribution in [3.63, 3.8) is 0 Å². The van der Waals surface area contributed by atoms with Crippen molar-refractivity contribution in [2.75, 3.05) is 13.1 Å². The molecule has 0 radical (unpaired) electrons. The highest BCUT2D eigenvalue weighted by molar-refractivity contribution is 7.90. The molecule has 0 saturated carbocycles. The Morgan fingerprint density at radius 2 is 1.56 bits per heavy atom. The van der Waals surface area contributed by atoms with Crippen LogP contribution in [0.5, 0.6) is 0 Å². The molecule has 19 nitrogen and oxygen atoms in total. The Kier molecular flexibility index (Phi) is 16.2. The van der Waals surface area contributed by atoms with E-state index in [1.54, 1.807) is 32.9 Å². The number of benzene rings is 3. The van der Waals surface area contributed by atoms with Crippen molar-refractivity contribution in [2.45, 2.75) is 128 Å². The number of aliphatic imine (C=N–C) groups is 1. The number of likely N-dealkylation sites (tertiary alicyclic amines) is 1. The van der Waals surface area contributed by atoms with Crippen molar-refractivity contribution in [1.29, 1.82) is 0 Å². The van der Waals surface area contributed by atoms with E-state index in [0.717, 1.165) is 33.3 Å². The van der Waals surface area contributed by atoms with Crippen LogP contribution >= 0.6 is 0 Å². The average Bonchev–Trinajstić information content (AvgIpc) is 3.93. The van der Waals surface area contributed by atoms with Gasteiger partial charge in [0.1, 0.15) is 42.4 Å². The number of H-pyrrole nitrogens is 1. The number of carbonyl (C=O) groups is 6. The number of amides is 5. The number of ether oxygens (including phenoxy) is 2. The number of aromatic nitrogens is 1. The van der Waals surface area contributed by atoms with Crippen LogP contribution in [0.15, 0.2) is 88.8 Å². The Bertz CT molecular complexity index is 2630. The summed E-state index contributed by atoms with van der Waals surface area (Å²) in [5.41, 5.74) is 9.27. The van der Waals surface area contributed by atoms with Gasteiger partial charge in [-0.3, -0.25) is 24.2 Å².